The maximum absolute atomic E-state index is 12.4. The average Bonchev–Trinajstić information content (AvgIpc) is 2.30. The summed E-state index contributed by atoms with van der Waals surface area (Å²) in [6.07, 6.45) is 2.82. The minimum Gasteiger partial charge on any atom is -0.195 e. The molecule has 6 heteroatoms. The third-order valence-corrected chi connectivity index (χ3v) is 5.96. The standard InChI is InChI=1S/C11H23BrN2O2S/c1-3-13(8-4-7-12)17(15,16)14-9-5-11(2)6-10-14/h11H,3-10H2,1-2H3. The van der Waals surface area contributed by atoms with E-state index in [-0.39, 0.29) is 0 Å². The van der Waals surface area contributed by atoms with E-state index in [1.54, 1.807) is 8.61 Å². The van der Waals surface area contributed by atoms with E-state index in [2.05, 4.69) is 22.9 Å². The molecule has 1 aliphatic heterocycles. The van der Waals surface area contributed by atoms with Crippen molar-refractivity contribution >= 4 is 26.1 Å². The van der Waals surface area contributed by atoms with Crippen LogP contribution in [0.2, 0.25) is 0 Å². The molecule has 0 amide bonds. The molecule has 1 fully saturated rings. The van der Waals surface area contributed by atoms with Crippen molar-refractivity contribution in [3.05, 3.63) is 0 Å². The lowest BCUT2D eigenvalue weighted by Crippen LogP contribution is -2.47. The Kier molecular flexibility index (Phi) is 6.40. The number of halogens is 1. The summed E-state index contributed by atoms with van der Waals surface area (Å²) in [6.45, 7) is 6.60. The molecule has 0 aromatic rings. The van der Waals surface area contributed by atoms with Crippen molar-refractivity contribution in [1.29, 1.82) is 0 Å². The van der Waals surface area contributed by atoms with E-state index >= 15 is 0 Å². The predicted octanol–water partition coefficient (Wildman–Crippen LogP) is 2.07. The summed E-state index contributed by atoms with van der Waals surface area (Å²) in [5.41, 5.74) is 0. The zero-order valence-corrected chi connectivity index (χ0v) is 13.1. The number of hydrogen-bond donors (Lipinski definition) is 0. The molecular weight excluding hydrogens is 304 g/mol. The second kappa shape index (κ2) is 7.07. The highest BCUT2D eigenvalue weighted by molar-refractivity contribution is 9.09. The van der Waals surface area contributed by atoms with Crippen molar-refractivity contribution in [2.75, 3.05) is 31.5 Å². The first-order valence-electron chi connectivity index (χ1n) is 6.33. The van der Waals surface area contributed by atoms with E-state index in [1.165, 1.54) is 0 Å². The summed E-state index contributed by atoms with van der Waals surface area (Å²) in [4.78, 5) is 0. The van der Waals surface area contributed by atoms with Gasteiger partial charge in [-0.25, -0.2) is 0 Å². The van der Waals surface area contributed by atoms with Crippen LogP contribution in [0.1, 0.15) is 33.1 Å². The van der Waals surface area contributed by atoms with Gasteiger partial charge in [-0.2, -0.15) is 17.0 Å². The molecule has 0 aromatic heterocycles. The summed E-state index contributed by atoms with van der Waals surface area (Å²) < 4.78 is 28.0. The van der Waals surface area contributed by atoms with Gasteiger partial charge in [-0.3, -0.25) is 0 Å². The first kappa shape index (κ1) is 15.4. The molecule has 0 N–H and O–H groups in total. The molecule has 0 radical (unpaired) electrons. The van der Waals surface area contributed by atoms with E-state index in [1.807, 2.05) is 6.92 Å². The topological polar surface area (TPSA) is 40.6 Å². The Morgan fingerprint density at radius 1 is 1.35 bits per heavy atom. The van der Waals surface area contributed by atoms with Crippen LogP contribution in [0.5, 0.6) is 0 Å². The first-order valence-corrected chi connectivity index (χ1v) is 8.85. The van der Waals surface area contributed by atoms with Crippen LogP contribution >= 0.6 is 15.9 Å². The van der Waals surface area contributed by atoms with Crippen molar-refractivity contribution in [3.8, 4) is 0 Å². The average molecular weight is 327 g/mol. The molecule has 1 rings (SSSR count). The Hall–Kier alpha value is 0.350. The molecule has 17 heavy (non-hydrogen) atoms. The minimum absolute atomic E-state index is 0.557. The monoisotopic (exact) mass is 326 g/mol. The van der Waals surface area contributed by atoms with Crippen LogP contribution < -0.4 is 0 Å². The van der Waals surface area contributed by atoms with E-state index in [0.29, 0.717) is 32.1 Å². The molecule has 0 unspecified atom stereocenters. The number of hydrogen-bond acceptors (Lipinski definition) is 2. The molecule has 0 saturated carbocycles. The zero-order valence-electron chi connectivity index (χ0n) is 10.7. The highest BCUT2D eigenvalue weighted by Gasteiger charge is 2.30. The first-order chi connectivity index (χ1) is 8.02. The summed E-state index contributed by atoms with van der Waals surface area (Å²) in [5.74, 6) is 0.652. The van der Waals surface area contributed by atoms with Crippen LogP contribution in [0.25, 0.3) is 0 Å². The lowest BCUT2D eigenvalue weighted by Gasteiger charge is -2.33. The molecule has 102 valence electrons. The van der Waals surface area contributed by atoms with E-state index in [9.17, 15) is 8.42 Å². The van der Waals surface area contributed by atoms with Gasteiger partial charge in [0.05, 0.1) is 0 Å². The van der Waals surface area contributed by atoms with Gasteiger partial charge in [0.1, 0.15) is 0 Å². The molecule has 0 spiro atoms. The summed E-state index contributed by atoms with van der Waals surface area (Å²) in [7, 11) is -3.22. The van der Waals surface area contributed by atoms with Gasteiger partial charge in [0, 0.05) is 31.5 Å². The van der Waals surface area contributed by atoms with Crippen LogP contribution in [0.15, 0.2) is 0 Å². The van der Waals surface area contributed by atoms with Gasteiger partial charge >= 0.3 is 0 Å². The Balaban J connectivity index is 2.64. The Bertz CT molecular complexity index is 303. The van der Waals surface area contributed by atoms with Crippen molar-refractivity contribution in [1.82, 2.24) is 8.61 Å². The number of piperidine rings is 1. The second-order valence-corrected chi connectivity index (χ2v) is 7.35. The molecule has 1 heterocycles. The SMILES string of the molecule is CCN(CCCBr)S(=O)(=O)N1CCC(C)CC1. The molecule has 0 aliphatic carbocycles. The Morgan fingerprint density at radius 3 is 2.41 bits per heavy atom. The number of nitrogens with zero attached hydrogens (tertiary/aromatic N) is 2. The lowest BCUT2D eigenvalue weighted by molar-refractivity contribution is 0.265. The van der Waals surface area contributed by atoms with Gasteiger partial charge in [-0.15, -0.1) is 0 Å². The maximum Gasteiger partial charge on any atom is 0.281 e. The van der Waals surface area contributed by atoms with E-state index < -0.39 is 10.2 Å². The smallest absolute Gasteiger partial charge is 0.195 e. The van der Waals surface area contributed by atoms with Crippen molar-refractivity contribution in [2.45, 2.75) is 33.1 Å². The molecule has 4 nitrogen and oxygen atoms in total. The number of rotatable bonds is 6. The lowest BCUT2D eigenvalue weighted by atomic mass is 10.0. The van der Waals surface area contributed by atoms with Gasteiger partial charge in [0.15, 0.2) is 0 Å². The van der Waals surface area contributed by atoms with Crippen LogP contribution in [-0.2, 0) is 10.2 Å². The normalized spacial score (nSPS) is 20.0. The van der Waals surface area contributed by atoms with Crippen LogP contribution in [-0.4, -0.2) is 48.5 Å². The molecule has 1 aliphatic rings. The van der Waals surface area contributed by atoms with Crippen LogP contribution in [0.4, 0.5) is 0 Å². The molecular formula is C11H23BrN2O2S. The second-order valence-electron chi connectivity index (χ2n) is 4.62. The van der Waals surface area contributed by atoms with Crippen molar-refractivity contribution in [3.63, 3.8) is 0 Å². The molecule has 0 atom stereocenters. The highest BCUT2D eigenvalue weighted by Crippen LogP contribution is 2.20. The fourth-order valence-electron chi connectivity index (χ4n) is 2.05. The fraction of sp³-hybridized carbons (Fsp3) is 1.00. The fourth-order valence-corrected chi connectivity index (χ4v) is 3.99. The van der Waals surface area contributed by atoms with Crippen LogP contribution in [0.3, 0.4) is 0 Å². The third kappa shape index (κ3) is 4.19. The van der Waals surface area contributed by atoms with Gasteiger partial charge in [-0.05, 0) is 25.2 Å². The van der Waals surface area contributed by atoms with Gasteiger partial charge in [0.25, 0.3) is 10.2 Å². The van der Waals surface area contributed by atoms with E-state index in [4.69, 9.17) is 0 Å². The molecule has 0 bridgehead atoms. The van der Waals surface area contributed by atoms with E-state index in [0.717, 1.165) is 24.6 Å². The van der Waals surface area contributed by atoms with Crippen molar-refractivity contribution < 1.29 is 8.42 Å². The highest BCUT2D eigenvalue weighted by atomic mass is 79.9. The largest absolute Gasteiger partial charge is 0.281 e. The predicted molar refractivity (Wildman–Crippen MR) is 74.5 cm³/mol. The Morgan fingerprint density at radius 2 is 1.94 bits per heavy atom. The van der Waals surface area contributed by atoms with Crippen molar-refractivity contribution in [2.24, 2.45) is 5.92 Å². The summed E-state index contributed by atoms with van der Waals surface area (Å²) in [6, 6.07) is 0. The minimum atomic E-state index is -3.22. The zero-order chi connectivity index (χ0) is 12.9. The van der Waals surface area contributed by atoms with Gasteiger partial charge in [-0.1, -0.05) is 29.8 Å². The van der Waals surface area contributed by atoms with Crippen LogP contribution in [0, 0.1) is 5.92 Å². The van der Waals surface area contributed by atoms with Gasteiger partial charge in [0.2, 0.25) is 0 Å². The van der Waals surface area contributed by atoms with Gasteiger partial charge < -0.3 is 0 Å². The third-order valence-electron chi connectivity index (χ3n) is 3.29. The summed E-state index contributed by atoms with van der Waals surface area (Å²) >= 11 is 3.34. The Labute approximate surface area is 114 Å². The quantitative estimate of drug-likeness (QED) is 0.701. The maximum atomic E-state index is 12.4. The molecule has 0 aromatic carbocycles. The number of alkyl halides is 1. The summed E-state index contributed by atoms with van der Waals surface area (Å²) in [5, 5.41) is 0.843. The molecule has 1 saturated heterocycles.